The van der Waals surface area contributed by atoms with Crippen molar-refractivity contribution in [1.29, 1.82) is 0 Å². The van der Waals surface area contributed by atoms with Gasteiger partial charge >= 0.3 is 0 Å². The second kappa shape index (κ2) is 11.1. The number of nitrogens with zero attached hydrogens (tertiary/aromatic N) is 1. The van der Waals surface area contributed by atoms with Crippen LogP contribution in [0.5, 0.6) is 5.75 Å². The fourth-order valence-corrected chi connectivity index (χ4v) is 11.4. The molecular formula is C29H44FNO3Si. The summed E-state index contributed by atoms with van der Waals surface area (Å²) in [5, 5.41) is 22.2. The number of halogens is 1. The van der Waals surface area contributed by atoms with Crippen LogP contribution in [0.25, 0.3) is 0 Å². The van der Waals surface area contributed by atoms with Crippen LogP contribution in [0, 0.1) is 5.82 Å². The summed E-state index contributed by atoms with van der Waals surface area (Å²) in [6.45, 7) is 17.0. The van der Waals surface area contributed by atoms with Gasteiger partial charge in [-0.1, -0.05) is 65.8 Å². The molecule has 3 rings (SSSR count). The van der Waals surface area contributed by atoms with E-state index in [1.165, 1.54) is 12.1 Å². The van der Waals surface area contributed by atoms with E-state index in [4.69, 9.17) is 4.43 Å². The summed E-state index contributed by atoms with van der Waals surface area (Å²) in [4.78, 5) is 2.22. The lowest BCUT2D eigenvalue weighted by molar-refractivity contribution is -0.0502. The SMILES string of the molecule is CC(C)[Si](Oc1ccc([C@H](O)[C@H](C)N2CCC(O)(c3ccc(F)cc3)CC2)cc1)(C(C)C)C(C)C. The molecule has 0 saturated carbocycles. The van der Waals surface area contributed by atoms with E-state index in [1.54, 1.807) is 12.1 Å². The van der Waals surface area contributed by atoms with Crippen LogP contribution in [0.4, 0.5) is 4.39 Å². The van der Waals surface area contributed by atoms with Gasteiger partial charge in [0.05, 0.1) is 11.7 Å². The minimum atomic E-state index is -2.02. The van der Waals surface area contributed by atoms with Crippen molar-refractivity contribution >= 4 is 8.32 Å². The Morgan fingerprint density at radius 3 is 1.77 bits per heavy atom. The minimum absolute atomic E-state index is 0.0880. The van der Waals surface area contributed by atoms with Crippen molar-refractivity contribution in [2.45, 2.75) is 95.7 Å². The number of aliphatic hydroxyl groups excluding tert-OH is 1. The van der Waals surface area contributed by atoms with Crippen molar-refractivity contribution in [2.75, 3.05) is 13.1 Å². The molecule has 0 spiro atoms. The molecule has 2 atom stereocenters. The quantitative estimate of drug-likeness (QED) is 0.372. The maximum atomic E-state index is 13.3. The lowest BCUT2D eigenvalue weighted by Gasteiger charge is -2.42. The summed E-state index contributed by atoms with van der Waals surface area (Å²) in [6, 6.07) is 14.0. The summed E-state index contributed by atoms with van der Waals surface area (Å²) < 4.78 is 20.1. The zero-order chi connectivity index (χ0) is 26.0. The van der Waals surface area contributed by atoms with Crippen LogP contribution in [0.15, 0.2) is 48.5 Å². The first kappa shape index (κ1) is 27.8. The molecule has 2 aromatic carbocycles. The molecule has 2 aromatic rings. The topological polar surface area (TPSA) is 52.9 Å². The first-order valence-corrected chi connectivity index (χ1v) is 15.2. The Hall–Kier alpha value is -1.73. The predicted molar refractivity (Wildman–Crippen MR) is 144 cm³/mol. The van der Waals surface area contributed by atoms with Gasteiger partial charge in [-0.05, 0) is 71.8 Å². The molecule has 1 heterocycles. The van der Waals surface area contributed by atoms with Crippen LogP contribution in [0.1, 0.15) is 78.5 Å². The molecule has 6 heteroatoms. The lowest BCUT2D eigenvalue weighted by atomic mass is 9.83. The molecule has 1 aliphatic heterocycles. The summed E-state index contributed by atoms with van der Waals surface area (Å²) in [6.07, 6.45) is 0.465. The normalized spacial score (nSPS) is 18.8. The van der Waals surface area contributed by atoms with Crippen LogP contribution in [-0.2, 0) is 5.60 Å². The number of hydrogen-bond acceptors (Lipinski definition) is 4. The predicted octanol–water partition coefficient (Wildman–Crippen LogP) is 6.79. The maximum Gasteiger partial charge on any atom is 0.258 e. The standard InChI is InChI=1S/C29H44FNO3Si/c1-20(2)35(21(3)4,22(5)6)34-27-14-8-24(9-15-27)28(32)23(7)31-18-16-29(33,17-19-31)25-10-12-26(30)13-11-25/h8-15,20-23,28,32-33H,16-19H2,1-7H3/t23-,28+/m0/s1. The highest BCUT2D eigenvalue weighted by atomic mass is 28.4. The summed E-state index contributed by atoms with van der Waals surface area (Å²) in [5.74, 6) is 0.590. The van der Waals surface area contributed by atoms with E-state index >= 15 is 0 Å². The Morgan fingerprint density at radius 1 is 0.829 bits per heavy atom. The average Bonchev–Trinajstić information content (AvgIpc) is 2.82. The molecule has 194 valence electrons. The molecule has 1 saturated heterocycles. The van der Waals surface area contributed by atoms with Gasteiger partial charge in [0.1, 0.15) is 11.6 Å². The van der Waals surface area contributed by atoms with Gasteiger partial charge in [0.2, 0.25) is 0 Å². The number of aliphatic hydroxyl groups is 2. The summed E-state index contributed by atoms with van der Waals surface area (Å²) >= 11 is 0. The molecule has 0 bridgehead atoms. The molecule has 1 aliphatic rings. The zero-order valence-corrected chi connectivity index (χ0v) is 23.5. The van der Waals surface area contributed by atoms with E-state index in [0.29, 0.717) is 42.6 Å². The zero-order valence-electron chi connectivity index (χ0n) is 22.5. The van der Waals surface area contributed by atoms with E-state index in [-0.39, 0.29) is 11.9 Å². The van der Waals surface area contributed by atoms with E-state index < -0.39 is 20.0 Å². The Kier molecular flexibility index (Phi) is 8.85. The van der Waals surface area contributed by atoms with E-state index in [1.807, 2.05) is 31.2 Å². The lowest BCUT2D eigenvalue weighted by Crippen LogP contribution is -2.50. The second-order valence-electron chi connectivity index (χ2n) is 11.2. The van der Waals surface area contributed by atoms with Crippen LogP contribution in [-0.4, -0.2) is 42.6 Å². The number of piperidine rings is 1. The summed E-state index contributed by atoms with van der Waals surface area (Å²) in [5.41, 5.74) is 2.18. The van der Waals surface area contributed by atoms with E-state index in [9.17, 15) is 14.6 Å². The van der Waals surface area contributed by atoms with Crippen molar-refractivity contribution in [1.82, 2.24) is 4.90 Å². The van der Waals surface area contributed by atoms with Gasteiger partial charge in [-0.3, -0.25) is 4.90 Å². The molecule has 4 nitrogen and oxygen atoms in total. The average molecular weight is 502 g/mol. The van der Waals surface area contributed by atoms with Crippen molar-refractivity contribution in [3.05, 3.63) is 65.5 Å². The van der Waals surface area contributed by atoms with Crippen LogP contribution < -0.4 is 4.43 Å². The fourth-order valence-electron chi connectivity index (χ4n) is 6.12. The molecule has 2 N–H and O–H groups in total. The van der Waals surface area contributed by atoms with E-state index in [0.717, 1.165) is 16.9 Å². The Bertz CT molecular complexity index is 916. The first-order valence-electron chi connectivity index (χ1n) is 13.1. The smallest absolute Gasteiger partial charge is 0.258 e. The highest BCUT2D eigenvalue weighted by molar-refractivity contribution is 6.78. The Labute approximate surface area is 212 Å². The van der Waals surface area contributed by atoms with Crippen molar-refractivity contribution < 1.29 is 19.0 Å². The molecule has 35 heavy (non-hydrogen) atoms. The third-order valence-electron chi connectivity index (χ3n) is 8.26. The number of rotatable bonds is 9. The molecule has 0 aromatic heterocycles. The molecular weight excluding hydrogens is 457 g/mol. The minimum Gasteiger partial charge on any atom is -0.543 e. The third kappa shape index (κ3) is 5.82. The number of hydrogen-bond donors (Lipinski definition) is 2. The molecule has 1 fully saturated rings. The van der Waals surface area contributed by atoms with Gasteiger partial charge in [0.15, 0.2) is 0 Å². The fraction of sp³-hybridized carbons (Fsp3) is 0.586. The van der Waals surface area contributed by atoms with Crippen LogP contribution in [0.3, 0.4) is 0 Å². The van der Waals surface area contributed by atoms with Crippen molar-refractivity contribution in [3.63, 3.8) is 0 Å². The highest BCUT2D eigenvalue weighted by Crippen LogP contribution is 2.43. The molecule has 0 amide bonds. The van der Waals surface area contributed by atoms with Crippen molar-refractivity contribution in [2.24, 2.45) is 0 Å². The molecule has 0 radical (unpaired) electrons. The first-order chi connectivity index (χ1) is 16.4. The van der Waals surface area contributed by atoms with Gasteiger partial charge < -0.3 is 14.6 Å². The van der Waals surface area contributed by atoms with E-state index in [2.05, 4.69) is 46.4 Å². The Morgan fingerprint density at radius 2 is 1.31 bits per heavy atom. The highest BCUT2D eigenvalue weighted by Gasteiger charge is 2.47. The second-order valence-corrected chi connectivity index (χ2v) is 16.6. The summed E-state index contributed by atoms with van der Waals surface area (Å²) in [7, 11) is -2.02. The number of benzene rings is 2. The third-order valence-corrected chi connectivity index (χ3v) is 14.3. The van der Waals surface area contributed by atoms with Crippen LogP contribution >= 0.6 is 0 Å². The maximum absolute atomic E-state index is 13.3. The van der Waals surface area contributed by atoms with Gasteiger partial charge in [-0.25, -0.2) is 4.39 Å². The van der Waals surface area contributed by atoms with Gasteiger partial charge in [0, 0.05) is 19.1 Å². The molecule has 0 aliphatic carbocycles. The monoisotopic (exact) mass is 501 g/mol. The van der Waals surface area contributed by atoms with Crippen molar-refractivity contribution in [3.8, 4) is 5.75 Å². The van der Waals surface area contributed by atoms with Gasteiger partial charge in [0.25, 0.3) is 8.32 Å². The number of likely N-dealkylation sites (tertiary alicyclic amines) is 1. The molecule has 0 unspecified atom stereocenters. The van der Waals surface area contributed by atoms with Crippen LogP contribution in [0.2, 0.25) is 16.6 Å². The van der Waals surface area contributed by atoms with Gasteiger partial charge in [-0.2, -0.15) is 0 Å². The largest absolute Gasteiger partial charge is 0.543 e. The Balaban J connectivity index is 1.66. The van der Waals surface area contributed by atoms with Gasteiger partial charge in [-0.15, -0.1) is 0 Å².